The van der Waals surface area contributed by atoms with Crippen LogP contribution < -0.4 is 0 Å². The van der Waals surface area contributed by atoms with Gasteiger partial charge in [-0.15, -0.1) is 11.3 Å². The monoisotopic (exact) mass is 349 g/mol. The normalized spacial score (nSPS) is 18.2. The van der Waals surface area contributed by atoms with Crippen molar-refractivity contribution in [3.05, 3.63) is 27.8 Å². The number of hydrogen-bond acceptors (Lipinski definition) is 7. The molecule has 1 aliphatic heterocycles. The minimum Gasteiger partial charge on any atom is -0.340 e. The van der Waals surface area contributed by atoms with Gasteiger partial charge in [-0.3, -0.25) is 4.79 Å². The molecule has 3 heterocycles. The van der Waals surface area contributed by atoms with Crippen LogP contribution in [0.25, 0.3) is 0 Å². The van der Waals surface area contributed by atoms with E-state index in [0.717, 1.165) is 38.2 Å². The molecule has 1 aliphatic rings. The molecule has 1 fully saturated rings. The van der Waals surface area contributed by atoms with E-state index in [9.17, 15) is 4.79 Å². The molecule has 7 nitrogen and oxygen atoms in total. The van der Waals surface area contributed by atoms with Crippen molar-refractivity contribution >= 4 is 17.2 Å². The second kappa shape index (κ2) is 7.40. The van der Waals surface area contributed by atoms with Gasteiger partial charge >= 0.3 is 0 Å². The standard InChI is InChI=1S/C16H23N5O2S/c1-11-15(24-10-17-11)5-7-20-6-4-14(8-20)21(13(3)22)9-16-18-12(2)23-19-16/h10,14H,4-9H2,1-3H3/t14-/m0/s1. The van der Waals surface area contributed by atoms with Crippen LogP contribution in [0.5, 0.6) is 0 Å². The van der Waals surface area contributed by atoms with Crippen LogP contribution in [0, 0.1) is 13.8 Å². The Morgan fingerprint density at radius 2 is 2.33 bits per heavy atom. The first-order valence-corrected chi connectivity index (χ1v) is 9.08. The minimum absolute atomic E-state index is 0.0580. The molecule has 24 heavy (non-hydrogen) atoms. The Morgan fingerprint density at radius 1 is 1.50 bits per heavy atom. The maximum absolute atomic E-state index is 12.1. The molecular weight excluding hydrogens is 326 g/mol. The molecule has 8 heteroatoms. The Bertz CT molecular complexity index is 698. The zero-order chi connectivity index (χ0) is 17.1. The summed E-state index contributed by atoms with van der Waals surface area (Å²) in [5, 5.41) is 3.91. The Kier molecular flexibility index (Phi) is 5.25. The van der Waals surface area contributed by atoms with Gasteiger partial charge in [0.1, 0.15) is 0 Å². The molecule has 2 aromatic rings. The highest BCUT2D eigenvalue weighted by Gasteiger charge is 2.30. The van der Waals surface area contributed by atoms with E-state index >= 15 is 0 Å². The minimum atomic E-state index is 0.0580. The summed E-state index contributed by atoms with van der Waals surface area (Å²) in [7, 11) is 0. The van der Waals surface area contributed by atoms with E-state index in [1.54, 1.807) is 25.2 Å². The topological polar surface area (TPSA) is 75.4 Å². The van der Waals surface area contributed by atoms with Crippen LogP contribution in [-0.2, 0) is 17.8 Å². The summed E-state index contributed by atoms with van der Waals surface area (Å²) in [4.78, 5) is 26.2. The fraction of sp³-hybridized carbons (Fsp3) is 0.625. The molecule has 3 rings (SSSR count). The van der Waals surface area contributed by atoms with Crippen molar-refractivity contribution in [2.75, 3.05) is 19.6 Å². The number of aryl methyl sites for hydroxylation is 2. The Labute approximate surface area is 145 Å². The lowest BCUT2D eigenvalue weighted by Crippen LogP contribution is -2.40. The van der Waals surface area contributed by atoms with Gasteiger partial charge in [-0.05, 0) is 19.8 Å². The highest BCUT2D eigenvalue weighted by Crippen LogP contribution is 2.20. The van der Waals surface area contributed by atoms with Crippen LogP contribution in [0.4, 0.5) is 0 Å². The van der Waals surface area contributed by atoms with Crippen molar-refractivity contribution in [3.63, 3.8) is 0 Å². The number of carbonyl (C=O) groups is 1. The molecule has 1 saturated heterocycles. The number of carbonyl (C=O) groups excluding carboxylic acids is 1. The van der Waals surface area contributed by atoms with Gasteiger partial charge in [0.15, 0.2) is 5.82 Å². The predicted molar refractivity (Wildman–Crippen MR) is 90.7 cm³/mol. The molecule has 0 N–H and O–H groups in total. The lowest BCUT2D eigenvalue weighted by Gasteiger charge is -2.27. The number of amides is 1. The quantitative estimate of drug-likeness (QED) is 0.792. The molecule has 0 aliphatic carbocycles. The predicted octanol–water partition coefficient (Wildman–Crippen LogP) is 1.81. The molecule has 0 saturated carbocycles. The lowest BCUT2D eigenvalue weighted by atomic mass is 10.2. The van der Waals surface area contributed by atoms with Crippen molar-refractivity contribution in [2.45, 2.75) is 46.2 Å². The molecule has 0 aromatic carbocycles. The van der Waals surface area contributed by atoms with Crippen molar-refractivity contribution in [1.82, 2.24) is 24.9 Å². The van der Waals surface area contributed by atoms with Gasteiger partial charge < -0.3 is 14.3 Å². The molecule has 0 bridgehead atoms. The maximum Gasteiger partial charge on any atom is 0.223 e. The first-order valence-electron chi connectivity index (χ1n) is 8.20. The summed E-state index contributed by atoms with van der Waals surface area (Å²) in [6.45, 7) is 8.75. The molecule has 1 atom stereocenters. The third kappa shape index (κ3) is 3.99. The third-order valence-electron chi connectivity index (χ3n) is 4.47. The molecule has 0 unspecified atom stereocenters. The Morgan fingerprint density at radius 3 is 2.96 bits per heavy atom. The Balaban J connectivity index is 1.55. The van der Waals surface area contributed by atoms with E-state index in [0.29, 0.717) is 18.3 Å². The second-order valence-electron chi connectivity index (χ2n) is 6.23. The lowest BCUT2D eigenvalue weighted by molar-refractivity contribution is -0.131. The van der Waals surface area contributed by atoms with Crippen molar-refractivity contribution in [3.8, 4) is 0 Å². The zero-order valence-corrected chi connectivity index (χ0v) is 15.2. The average molecular weight is 349 g/mol. The molecule has 1 amide bonds. The summed E-state index contributed by atoms with van der Waals surface area (Å²) in [5.41, 5.74) is 3.04. The van der Waals surface area contributed by atoms with Crippen LogP contribution in [0.1, 0.15) is 35.6 Å². The van der Waals surface area contributed by atoms with Gasteiger partial charge in [0, 0.05) is 44.4 Å². The summed E-state index contributed by atoms with van der Waals surface area (Å²) < 4.78 is 5.01. The van der Waals surface area contributed by atoms with E-state index in [1.807, 2.05) is 10.4 Å². The molecule has 0 radical (unpaired) electrons. The van der Waals surface area contributed by atoms with Gasteiger partial charge in [0.25, 0.3) is 0 Å². The number of likely N-dealkylation sites (tertiary alicyclic amines) is 1. The highest BCUT2D eigenvalue weighted by atomic mass is 32.1. The zero-order valence-electron chi connectivity index (χ0n) is 14.4. The number of thiazole rings is 1. The van der Waals surface area contributed by atoms with Crippen LogP contribution in [-0.4, -0.2) is 56.5 Å². The van der Waals surface area contributed by atoms with E-state index < -0.39 is 0 Å². The van der Waals surface area contributed by atoms with Gasteiger partial charge in [-0.25, -0.2) is 4.98 Å². The number of nitrogens with zero attached hydrogens (tertiary/aromatic N) is 5. The van der Waals surface area contributed by atoms with Gasteiger partial charge in [-0.2, -0.15) is 4.98 Å². The van der Waals surface area contributed by atoms with Crippen LogP contribution in [0.3, 0.4) is 0 Å². The SMILES string of the molecule is CC(=O)N(Cc1noc(C)n1)[C@H]1CCN(CCc2scnc2C)C1. The summed E-state index contributed by atoms with van der Waals surface area (Å²) in [5.74, 6) is 1.16. The van der Waals surface area contributed by atoms with Crippen molar-refractivity contribution in [2.24, 2.45) is 0 Å². The molecule has 130 valence electrons. The fourth-order valence-corrected chi connectivity index (χ4v) is 3.92. The van der Waals surface area contributed by atoms with E-state index in [1.165, 1.54) is 4.88 Å². The fourth-order valence-electron chi connectivity index (χ4n) is 3.15. The first kappa shape index (κ1) is 17.0. The van der Waals surface area contributed by atoms with Crippen LogP contribution in [0.2, 0.25) is 0 Å². The second-order valence-corrected chi connectivity index (χ2v) is 7.17. The smallest absolute Gasteiger partial charge is 0.223 e. The van der Waals surface area contributed by atoms with Gasteiger partial charge in [-0.1, -0.05) is 5.16 Å². The Hall–Kier alpha value is -1.80. The van der Waals surface area contributed by atoms with Crippen LogP contribution in [0.15, 0.2) is 10.0 Å². The number of hydrogen-bond donors (Lipinski definition) is 0. The first-order chi connectivity index (χ1) is 11.5. The van der Waals surface area contributed by atoms with Crippen LogP contribution >= 0.6 is 11.3 Å². The van der Waals surface area contributed by atoms with Crippen molar-refractivity contribution in [1.29, 1.82) is 0 Å². The van der Waals surface area contributed by atoms with E-state index in [4.69, 9.17) is 4.52 Å². The number of rotatable bonds is 6. The van der Waals surface area contributed by atoms with Gasteiger partial charge in [0.2, 0.25) is 11.8 Å². The molecular formula is C16H23N5O2S. The number of aromatic nitrogens is 3. The summed E-state index contributed by atoms with van der Waals surface area (Å²) in [6.07, 6.45) is 2.01. The largest absolute Gasteiger partial charge is 0.340 e. The third-order valence-corrected chi connectivity index (χ3v) is 5.47. The van der Waals surface area contributed by atoms with Gasteiger partial charge in [0.05, 0.1) is 17.7 Å². The maximum atomic E-state index is 12.1. The highest BCUT2D eigenvalue weighted by molar-refractivity contribution is 7.09. The summed E-state index contributed by atoms with van der Waals surface area (Å²) >= 11 is 1.72. The van der Waals surface area contributed by atoms with E-state index in [2.05, 4.69) is 26.9 Å². The van der Waals surface area contributed by atoms with Crippen molar-refractivity contribution < 1.29 is 9.32 Å². The molecule has 0 spiro atoms. The van der Waals surface area contributed by atoms with E-state index in [-0.39, 0.29) is 11.9 Å². The average Bonchev–Trinajstić information content (AvgIpc) is 3.24. The molecule has 2 aromatic heterocycles. The summed E-state index contributed by atoms with van der Waals surface area (Å²) in [6, 6.07) is 0.212.